The monoisotopic (exact) mass is 301 g/mol. The molecular weight excluding hydrogens is 274 g/mol. The van der Waals surface area contributed by atoms with Crippen molar-refractivity contribution in [1.29, 1.82) is 0 Å². The van der Waals surface area contributed by atoms with Crippen molar-refractivity contribution in [1.82, 2.24) is 4.90 Å². The Labute approximate surface area is 126 Å². The first-order chi connectivity index (χ1) is 9.79. The van der Waals surface area contributed by atoms with E-state index < -0.39 is 23.9 Å². The van der Waals surface area contributed by atoms with E-state index in [2.05, 4.69) is 0 Å². The van der Waals surface area contributed by atoms with Crippen molar-refractivity contribution in [3.8, 4) is 0 Å². The summed E-state index contributed by atoms with van der Waals surface area (Å²) in [5, 5.41) is 18.4. The zero-order valence-corrected chi connectivity index (χ0v) is 13.3. The average Bonchev–Trinajstić information content (AvgIpc) is 2.43. The van der Waals surface area contributed by atoms with Crippen LogP contribution in [0, 0.1) is 11.8 Å². The molecule has 122 valence electrons. The molecule has 0 aromatic carbocycles. The molecule has 0 saturated heterocycles. The zero-order chi connectivity index (χ0) is 16.6. The largest absolute Gasteiger partial charge is 0.481 e. The van der Waals surface area contributed by atoms with E-state index in [9.17, 15) is 19.5 Å². The van der Waals surface area contributed by atoms with Gasteiger partial charge in [0.25, 0.3) is 0 Å². The third-order valence-corrected chi connectivity index (χ3v) is 3.73. The predicted molar refractivity (Wildman–Crippen MR) is 78.9 cm³/mol. The summed E-state index contributed by atoms with van der Waals surface area (Å²) in [5.41, 5.74) is 0. The molecule has 6 heteroatoms. The summed E-state index contributed by atoms with van der Waals surface area (Å²) in [6.45, 7) is 7.01. The van der Waals surface area contributed by atoms with Gasteiger partial charge in [0, 0.05) is 12.5 Å². The van der Waals surface area contributed by atoms with E-state index in [4.69, 9.17) is 5.11 Å². The second-order valence-electron chi connectivity index (χ2n) is 5.39. The Hall–Kier alpha value is -1.59. The molecule has 0 aliphatic heterocycles. The second kappa shape index (κ2) is 9.37. The van der Waals surface area contributed by atoms with Crippen molar-refractivity contribution >= 4 is 17.8 Å². The fourth-order valence-electron chi connectivity index (χ4n) is 2.30. The summed E-state index contributed by atoms with van der Waals surface area (Å²) in [6, 6.07) is -0.954. The Bertz CT molecular complexity index is 365. The molecule has 1 amide bonds. The molecule has 0 aliphatic rings. The molecule has 0 radical (unpaired) electrons. The molecule has 2 unspecified atom stereocenters. The van der Waals surface area contributed by atoms with E-state index in [1.54, 1.807) is 0 Å². The lowest BCUT2D eigenvalue weighted by molar-refractivity contribution is -0.155. The molecular formula is C15H27NO5. The molecule has 2 N–H and O–H groups in total. The van der Waals surface area contributed by atoms with E-state index in [0.29, 0.717) is 25.7 Å². The van der Waals surface area contributed by atoms with Gasteiger partial charge in [-0.3, -0.25) is 9.59 Å². The summed E-state index contributed by atoms with van der Waals surface area (Å²) in [7, 11) is 0. The standard InChI is InChI=1S/C15H27NO5/c1-5-8-12(15(20)21)16(9-10(4)14(18)19)13(17)11(6-2)7-3/h10-12H,5-9H2,1-4H3,(H,18,19)(H,20,21). The van der Waals surface area contributed by atoms with Crippen LogP contribution in [0.4, 0.5) is 0 Å². The number of carbonyl (C=O) groups excluding carboxylic acids is 1. The first-order valence-electron chi connectivity index (χ1n) is 7.56. The number of nitrogens with zero attached hydrogens (tertiary/aromatic N) is 1. The van der Waals surface area contributed by atoms with E-state index in [-0.39, 0.29) is 18.4 Å². The second-order valence-corrected chi connectivity index (χ2v) is 5.39. The number of carboxylic acid groups (broad SMARTS) is 2. The van der Waals surface area contributed by atoms with Crippen LogP contribution in [0.5, 0.6) is 0 Å². The summed E-state index contributed by atoms with van der Waals surface area (Å²) in [5.74, 6) is -3.41. The maximum atomic E-state index is 12.6. The van der Waals surface area contributed by atoms with Crippen LogP contribution in [0.1, 0.15) is 53.4 Å². The van der Waals surface area contributed by atoms with E-state index in [0.717, 1.165) is 0 Å². The minimum absolute atomic E-state index is 0.0678. The smallest absolute Gasteiger partial charge is 0.326 e. The van der Waals surface area contributed by atoms with Gasteiger partial charge in [0.1, 0.15) is 6.04 Å². The summed E-state index contributed by atoms with van der Waals surface area (Å²) < 4.78 is 0. The third-order valence-electron chi connectivity index (χ3n) is 3.73. The SMILES string of the molecule is CCCC(C(=O)O)N(CC(C)C(=O)O)C(=O)C(CC)CC. The number of hydrogen-bond donors (Lipinski definition) is 2. The molecule has 0 aliphatic carbocycles. The van der Waals surface area contributed by atoms with Gasteiger partial charge in [-0.05, 0) is 19.3 Å². The molecule has 21 heavy (non-hydrogen) atoms. The highest BCUT2D eigenvalue weighted by Crippen LogP contribution is 2.19. The lowest BCUT2D eigenvalue weighted by atomic mass is 9.98. The van der Waals surface area contributed by atoms with Crippen molar-refractivity contribution in [2.45, 2.75) is 59.4 Å². The highest BCUT2D eigenvalue weighted by atomic mass is 16.4. The van der Waals surface area contributed by atoms with Crippen LogP contribution in [0.3, 0.4) is 0 Å². The number of amides is 1. The average molecular weight is 301 g/mol. The molecule has 0 bridgehead atoms. The Kier molecular flexibility index (Phi) is 8.66. The number of carboxylic acids is 2. The van der Waals surface area contributed by atoms with E-state index >= 15 is 0 Å². The van der Waals surface area contributed by atoms with Gasteiger partial charge in [-0.2, -0.15) is 0 Å². The van der Waals surface area contributed by atoms with Gasteiger partial charge in [-0.15, -0.1) is 0 Å². The molecule has 0 aromatic rings. The van der Waals surface area contributed by atoms with E-state index in [1.807, 2.05) is 20.8 Å². The highest BCUT2D eigenvalue weighted by molar-refractivity contribution is 5.85. The van der Waals surface area contributed by atoms with Gasteiger partial charge in [0.05, 0.1) is 5.92 Å². The van der Waals surface area contributed by atoms with Crippen LogP contribution in [0.2, 0.25) is 0 Å². The van der Waals surface area contributed by atoms with Crippen LogP contribution in [-0.4, -0.2) is 45.5 Å². The van der Waals surface area contributed by atoms with Gasteiger partial charge in [0.2, 0.25) is 5.91 Å². The number of aliphatic carboxylic acids is 2. The number of carbonyl (C=O) groups is 3. The van der Waals surface area contributed by atoms with Crippen LogP contribution < -0.4 is 0 Å². The van der Waals surface area contributed by atoms with Crippen molar-refractivity contribution in [3.63, 3.8) is 0 Å². The maximum Gasteiger partial charge on any atom is 0.326 e. The van der Waals surface area contributed by atoms with Crippen LogP contribution in [-0.2, 0) is 14.4 Å². The lowest BCUT2D eigenvalue weighted by Gasteiger charge is -2.33. The minimum Gasteiger partial charge on any atom is -0.481 e. The zero-order valence-electron chi connectivity index (χ0n) is 13.3. The molecule has 0 spiro atoms. The lowest BCUT2D eigenvalue weighted by Crippen LogP contribution is -2.50. The fourth-order valence-corrected chi connectivity index (χ4v) is 2.30. The molecule has 0 heterocycles. The highest BCUT2D eigenvalue weighted by Gasteiger charge is 2.33. The first-order valence-corrected chi connectivity index (χ1v) is 7.56. The molecule has 0 fully saturated rings. The Balaban J connectivity index is 5.37. The topological polar surface area (TPSA) is 94.9 Å². The molecule has 0 aromatic heterocycles. The number of hydrogen-bond acceptors (Lipinski definition) is 3. The third kappa shape index (κ3) is 5.73. The van der Waals surface area contributed by atoms with Crippen LogP contribution in [0.25, 0.3) is 0 Å². The maximum absolute atomic E-state index is 12.6. The predicted octanol–water partition coefficient (Wildman–Crippen LogP) is 2.23. The van der Waals surface area contributed by atoms with Crippen molar-refractivity contribution in [2.24, 2.45) is 11.8 Å². The van der Waals surface area contributed by atoms with Gasteiger partial charge < -0.3 is 15.1 Å². The first kappa shape index (κ1) is 19.4. The quantitative estimate of drug-likeness (QED) is 0.645. The molecule has 0 saturated carbocycles. The van der Waals surface area contributed by atoms with Crippen molar-refractivity contribution in [3.05, 3.63) is 0 Å². The number of rotatable bonds is 10. The van der Waals surface area contributed by atoms with E-state index in [1.165, 1.54) is 11.8 Å². The van der Waals surface area contributed by atoms with Crippen molar-refractivity contribution < 1.29 is 24.6 Å². The Morgan fingerprint density at radius 1 is 1.00 bits per heavy atom. The van der Waals surface area contributed by atoms with Gasteiger partial charge in [-0.25, -0.2) is 4.79 Å². The van der Waals surface area contributed by atoms with Gasteiger partial charge in [-0.1, -0.05) is 34.1 Å². The fraction of sp³-hybridized carbons (Fsp3) is 0.800. The van der Waals surface area contributed by atoms with Crippen molar-refractivity contribution in [2.75, 3.05) is 6.54 Å². The summed E-state index contributed by atoms with van der Waals surface area (Å²) in [6.07, 6.45) is 2.18. The Morgan fingerprint density at radius 3 is 1.86 bits per heavy atom. The summed E-state index contributed by atoms with van der Waals surface area (Å²) in [4.78, 5) is 36.3. The molecule has 0 rings (SSSR count). The van der Waals surface area contributed by atoms with Gasteiger partial charge >= 0.3 is 11.9 Å². The van der Waals surface area contributed by atoms with Crippen LogP contribution >= 0.6 is 0 Å². The normalized spacial score (nSPS) is 13.8. The minimum atomic E-state index is -1.08. The summed E-state index contributed by atoms with van der Waals surface area (Å²) >= 11 is 0. The van der Waals surface area contributed by atoms with Gasteiger partial charge in [0.15, 0.2) is 0 Å². The Morgan fingerprint density at radius 2 is 1.52 bits per heavy atom. The molecule has 6 nitrogen and oxygen atoms in total. The molecule has 2 atom stereocenters. The van der Waals surface area contributed by atoms with Crippen LogP contribution in [0.15, 0.2) is 0 Å².